The Balaban J connectivity index is 1.55. The molecule has 31 heavy (non-hydrogen) atoms. The van der Waals surface area contributed by atoms with Crippen molar-refractivity contribution in [2.75, 3.05) is 24.2 Å². The highest BCUT2D eigenvalue weighted by Crippen LogP contribution is 2.25. The Bertz CT molecular complexity index is 1000. The van der Waals surface area contributed by atoms with Crippen LogP contribution in [0.1, 0.15) is 55.3 Å². The molecule has 0 aromatic heterocycles. The summed E-state index contributed by atoms with van der Waals surface area (Å²) in [5, 5.41) is 3.05. The van der Waals surface area contributed by atoms with Crippen molar-refractivity contribution >= 4 is 21.6 Å². The van der Waals surface area contributed by atoms with Crippen LogP contribution in [-0.4, -0.2) is 34.2 Å². The molecule has 1 aliphatic carbocycles. The van der Waals surface area contributed by atoms with Crippen LogP contribution in [-0.2, 0) is 27.7 Å². The van der Waals surface area contributed by atoms with Gasteiger partial charge in [0.05, 0.1) is 25.1 Å². The molecule has 1 atom stereocenters. The fourth-order valence-electron chi connectivity index (χ4n) is 4.04. The molecule has 0 bridgehead atoms. The monoisotopic (exact) mass is 444 g/mol. The number of carbonyl (C=O) groups excluding carboxylic acids is 1. The highest BCUT2D eigenvalue weighted by Gasteiger charge is 2.19. The van der Waals surface area contributed by atoms with Crippen LogP contribution in [0.15, 0.2) is 42.5 Å². The molecule has 0 saturated heterocycles. The van der Waals surface area contributed by atoms with E-state index >= 15 is 0 Å². The minimum atomic E-state index is -3.45. The van der Waals surface area contributed by atoms with Crippen molar-refractivity contribution in [1.29, 1.82) is 0 Å². The lowest BCUT2D eigenvalue weighted by Crippen LogP contribution is -2.32. The number of fused-ring (bicyclic) bond motifs is 1. The SMILES string of the molecule is COc1ccc(N(CCCC(=O)N[C@H](C)c2ccc3c(c2)CCCC3)S(C)(=O)=O)cc1. The maximum absolute atomic E-state index is 12.5. The molecule has 0 radical (unpaired) electrons. The van der Waals surface area contributed by atoms with Crippen molar-refractivity contribution in [3.05, 3.63) is 59.2 Å². The van der Waals surface area contributed by atoms with Crippen LogP contribution in [0.5, 0.6) is 5.75 Å². The predicted molar refractivity (Wildman–Crippen MR) is 124 cm³/mol. The number of methoxy groups -OCH3 is 1. The van der Waals surface area contributed by atoms with E-state index in [0.717, 1.165) is 18.4 Å². The number of nitrogens with one attached hydrogen (secondary N) is 1. The third-order valence-electron chi connectivity index (χ3n) is 5.78. The third-order valence-corrected chi connectivity index (χ3v) is 6.97. The van der Waals surface area contributed by atoms with E-state index in [1.165, 1.54) is 34.5 Å². The maximum Gasteiger partial charge on any atom is 0.232 e. The van der Waals surface area contributed by atoms with Gasteiger partial charge >= 0.3 is 0 Å². The van der Waals surface area contributed by atoms with Crippen LogP contribution < -0.4 is 14.4 Å². The first-order chi connectivity index (χ1) is 14.8. The molecule has 1 N–H and O–H groups in total. The Morgan fingerprint density at radius 1 is 1.10 bits per heavy atom. The van der Waals surface area contributed by atoms with Crippen LogP contribution in [0.4, 0.5) is 5.69 Å². The smallest absolute Gasteiger partial charge is 0.232 e. The van der Waals surface area contributed by atoms with Gasteiger partial charge in [0.1, 0.15) is 5.75 Å². The molecule has 2 aromatic rings. The van der Waals surface area contributed by atoms with Crippen LogP contribution >= 0.6 is 0 Å². The minimum Gasteiger partial charge on any atom is -0.497 e. The minimum absolute atomic E-state index is 0.0756. The molecule has 2 aromatic carbocycles. The quantitative estimate of drug-likeness (QED) is 0.634. The second kappa shape index (κ2) is 10.2. The van der Waals surface area contributed by atoms with Crippen LogP contribution in [0.3, 0.4) is 0 Å². The standard InChI is InChI=1S/C24H32N2O4S/c1-18(20-11-10-19-7-4-5-8-21(19)17-20)25-24(27)9-6-16-26(31(3,28)29)22-12-14-23(30-2)15-13-22/h10-15,17-18H,4-9,16H2,1-3H3,(H,25,27)/t18-/m1/s1. The topological polar surface area (TPSA) is 75.7 Å². The largest absolute Gasteiger partial charge is 0.497 e. The average molecular weight is 445 g/mol. The van der Waals surface area contributed by atoms with Crippen molar-refractivity contribution in [1.82, 2.24) is 5.32 Å². The highest BCUT2D eigenvalue weighted by atomic mass is 32.2. The van der Waals surface area contributed by atoms with Crippen LogP contribution in [0.25, 0.3) is 0 Å². The fourth-order valence-corrected chi connectivity index (χ4v) is 5.00. The number of carbonyl (C=O) groups is 1. The van der Waals surface area contributed by atoms with E-state index in [2.05, 4.69) is 23.5 Å². The van der Waals surface area contributed by atoms with Gasteiger partial charge in [0.25, 0.3) is 0 Å². The van der Waals surface area contributed by atoms with Gasteiger partial charge in [-0.1, -0.05) is 18.2 Å². The first-order valence-corrected chi connectivity index (χ1v) is 12.7. The van der Waals surface area contributed by atoms with E-state index in [0.29, 0.717) is 17.9 Å². The first kappa shape index (κ1) is 23.1. The normalized spacial score (nSPS) is 14.4. The molecule has 1 amide bonds. The average Bonchev–Trinajstić information content (AvgIpc) is 2.75. The molecule has 3 rings (SSSR count). The van der Waals surface area contributed by atoms with E-state index < -0.39 is 10.0 Å². The van der Waals surface area contributed by atoms with Crippen molar-refractivity contribution in [2.45, 2.75) is 51.5 Å². The summed E-state index contributed by atoms with van der Waals surface area (Å²) in [6.45, 7) is 2.23. The van der Waals surface area contributed by atoms with Crippen LogP contribution in [0.2, 0.25) is 0 Å². The van der Waals surface area contributed by atoms with E-state index in [4.69, 9.17) is 4.74 Å². The second-order valence-corrected chi connectivity index (χ2v) is 10.1. The van der Waals surface area contributed by atoms with Crippen molar-refractivity contribution in [3.8, 4) is 5.75 Å². The van der Waals surface area contributed by atoms with Gasteiger partial charge in [-0.2, -0.15) is 0 Å². The lowest BCUT2D eigenvalue weighted by atomic mass is 9.89. The molecular weight excluding hydrogens is 412 g/mol. The maximum atomic E-state index is 12.5. The molecule has 0 saturated carbocycles. The molecule has 0 spiro atoms. The van der Waals surface area contributed by atoms with Gasteiger partial charge in [-0.15, -0.1) is 0 Å². The highest BCUT2D eigenvalue weighted by molar-refractivity contribution is 7.92. The summed E-state index contributed by atoms with van der Waals surface area (Å²) in [7, 11) is -1.89. The summed E-state index contributed by atoms with van der Waals surface area (Å²) in [5.74, 6) is 0.584. The van der Waals surface area contributed by atoms with Crippen molar-refractivity contribution in [3.63, 3.8) is 0 Å². The zero-order valence-corrected chi connectivity index (χ0v) is 19.4. The number of amides is 1. The number of rotatable bonds is 9. The number of hydrogen-bond acceptors (Lipinski definition) is 4. The summed E-state index contributed by atoms with van der Waals surface area (Å²) in [5.41, 5.74) is 4.50. The zero-order valence-electron chi connectivity index (χ0n) is 18.6. The molecule has 0 fully saturated rings. The molecule has 168 valence electrons. The van der Waals surface area contributed by atoms with Crippen molar-refractivity contribution < 1.29 is 17.9 Å². The summed E-state index contributed by atoms with van der Waals surface area (Å²) in [4.78, 5) is 12.5. The molecule has 0 unspecified atom stereocenters. The Morgan fingerprint density at radius 2 is 1.77 bits per heavy atom. The molecule has 6 nitrogen and oxygen atoms in total. The summed E-state index contributed by atoms with van der Waals surface area (Å²) in [6.07, 6.45) is 6.59. The van der Waals surface area contributed by atoms with Gasteiger partial charge in [0.2, 0.25) is 15.9 Å². The first-order valence-electron chi connectivity index (χ1n) is 10.8. The van der Waals surface area contributed by atoms with E-state index in [1.807, 2.05) is 6.92 Å². The molecule has 1 aliphatic rings. The zero-order chi connectivity index (χ0) is 22.4. The number of benzene rings is 2. The van der Waals surface area contributed by atoms with Crippen molar-refractivity contribution in [2.24, 2.45) is 0 Å². The molecule has 0 heterocycles. The Kier molecular flexibility index (Phi) is 7.59. The van der Waals surface area contributed by atoms with Gasteiger partial charge in [-0.05, 0) is 80.0 Å². The summed E-state index contributed by atoms with van der Waals surface area (Å²) < 4.78 is 30.9. The van der Waals surface area contributed by atoms with E-state index in [-0.39, 0.29) is 24.9 Å². The Hall–Kier alpha value is -2.54. The number of nitrogens with zero attached hydrogens (tertiary/aromatic N) is 1. The van der Waals surface area contributed by atoms with Gasteiger partial charge in [-0.3, -0.25) is 9.10 Å². The predicted octanol–water partition coefficient (Wildman–Crippen LogP) is 4.00. The third kappa shape index (κ3) is 6.23. The lowest BCUT2D eigenvalue weighted by Gasteiger charge is -2.23. The van der Waals surface area contributed by atoms with Crippen LogP contribution in [0, 0.1) is 0 Å². The van der Waals surface area contributed by atoms with Gasteiger partial charge < -0.3 is 10.1 Å². The van der Waals surface area contributed by atoms with Gasteiger partial charge in [0, 0.05) is 13.0 Å². The lowest BCUT2D eigenvalue weighted by molar-refractivity contribution is -0.121. The summed E-state index contributed by atoms with van der Waals surface area (Å²) in [6, 6.07) is 13.3. The molecule has 7 heteroatoms. The number of sulfonamides is 1. The Labute approximate surface area is 185 Å². The molecular formula is C24H32N2O4S. The van der Waals surface area contributed by atoms with Gasteiger partial charge in [0.15, 0.2) is 0 Å². The number of ether oxygens (including phenoxy) is 1. The second-order valence-electron chi connectivity index (χ2n) is 8.16. The fraction of sp³-hybridized carbons (Fsp3) is 0.458. The number of hydrogen-bond donors (Lipinski definition) is 1. The number of anilines is 1. The van der Waals surface area contributed by atoms with Gasteiger partial charge in [-0.25, -0.2) is 8.42 Å². The summed E-state index contributed by atoms with van der Waals surface area (Å²) >= 11 is 0. The number of aryl methyl sites for hydroxylation is 2. The Morgan fingerprint density at radius 3 is 2.42 bits per heavy atom. The van der Waals surface area contributed by atoms with E-state index in [9.17, 15) is 13.2 Å². The van der Waals surface area contributed by atoms with E-state index in [1.54, 1.807) is 31.4 Å². The molecule has 0 aliphatic heterocycles.